The molecule has 1 saturated heterocycles. The Morgan fingerprint density at radius 1 is 1.29 bits per heavy atom. The van der Waals surface area contributed by atoms with Gasteiger partial charge in [0.1, 0.15) is 0 Å². The van der Waals surface area contributed by atoms with Crippen molar-refractivity contribution in [1.82, 2.24) is 4.98 Å². The zero-order valence-electron chi connectivity index (χ0n) is 12.6. The first-order chi connectivity index (χ1) is 10.0. The first kappa shape index (κ1) is 14.5. The Morgan fingerprint density at radius 2 is 2.05 bits per heavy atom. The molecule has 0 aliphatic carbocycles. The van der Waals surface area contributed by atoms with E-state index in [9.17, 15) is 0 Å². The second kappa shape index (κ2) is 5.75. The average Bonchev–Trinajstić information content (AvgIpc) is 2.88. The summed E-state index contributed by atoms with van der Waals surface area (Å²) in [4.78, 5) is 4.53. The second-order valence-corrected chi connectivity index (χ2v) is 6.76. The van der Waals surface area contributed by atoms with Gasteiger partial charge in [0, 0.05) is 16.6 Å². The fraction of sp³-hybridized carbons (Fsp3) is 0.438. The van der Waals surface area contributed by atoms with Crippen LogP contribution in [0, 0.1) is 6.92 Å². The van der Waals surface area contributed by atoms with E-state index in [0.717, 1.165) is 22.0 Å². The molecule has 21 heavy (non-hydrogen) atoms. The van der Waals surface area contributed by atoms with Gasteiger partial charge in [-0.3, -0.25) is 0 Å². The lowest BCUT2D eigenvalue weighted by Gasteiger charge is -2.35. The van der Waals surface area contributed by atoms with Crippen molar-refractivity contribution >= 4 is 17.0 Å². The van der Waals surface area contributed by atoms with E-state index in [4.69, 9.17) is 9.47 Å². The van der Waals surface area contributed by atoms with Crippen LogP contribution in [-0.4, -0.2) is 30.0 Å². The molecule has 0 bridgehead atoms. The lowest BCUT2D eigenvalue weighted by molar-refractivity contribution is -0.247. The molecule has 0 radical (unpaired) electrons. The van der Waals surface area contributed by atoms with Crippen molar-refractivity contribution in [1.29, 1.82) is 0 Å². The predicted molar refractivity (Wildman–Crippen MR) is 85.7 cm³/mol. The molecule has 5 heteroatoms. The summed E-state index contributed by atoms with van der Waals surface area (Å²) >= 11 is 1.67. The maximum absolute atomic E-state index is 5.67. The Balaban J connectivity index is 1.69. The molecule has 0 atom stereocenters. The molecule has 0 amide bonds. The molecule has 112 valence electrons. The Labute approximate surface area is 129 Å². The molecule has 2 aromatic rings. The van der Waals surface area contributed by atoms with Gasteiger partial charge in [0.2, 0.25) is 0 Å². The molecule has 1 aliphatic rings. The van der Waals surface area contributed by atoms with Crippen molar-refractivity contribution in [2.24, 2.45) is 0 Å². The zero-order chi connectivity index (χ0) is 14.9. The fourth-order valence-corrected chi connectivity index (χ4v) is 2.90. The molecule has 2 heterocycles. The second-order valence-electron chi connectivity index (χ2n) is 5.70. The number of ether oxygens (including phenoxy) is 2. The Hall–Kier alpha value is -1.43. The van der Waals surface area contributed by atoms with Crippen LogP contribution < -0.4 is 5.32 Å². The highest BCUT2D eigenvalue weighted by atomic mass is 32.1. The fourth-order valence-electron chi connectivity index (χ4n) is 2.28. The van der Waals surface area contributed by atoms with Gasteiger partial charge in [-0.2, -0.15) is 0 Å². The summed E-state index contributed by atoms with van der Waals surface area (Å²) < 4.78 is 11.3. The summed E-state index contributed by atoms with van der Waals surface area (Å²) in [5, 5.41) is 6.63. The zero-order valence-corrected chi connectivity index (χ0v) is 13.4. The molecular weight excluding hydrogens is 284 g/mol. The molecule has 1 aromatic carbocycles. The summed E-state index contributed by atoms with van der Waals surface area (Å²) in [6, 6.07) is 8.47. The number of aryl methyl sites for hydroxylation is 1. The number of benzene rings is 1. The van der Waals surface area contributed by atoms with Gasteiger partial charge in [0.15, 0.2) is 5.79 Å². The number of nitrogens with one attached hydrogen (secondary N) is 1. The Kier molecular flexibility index (Phi) is 3.97. The number of rotatable bonds is 3. The number of nitrogens with zero attached hydrogens (tertiary/aromatic N) is 1. The highest BCUT2D eigenvalue weighted by Gasteiger charge is 2.28. The quantitative estimate of drug-likeness (QED) is 0.939. The first-order valence-corrected chi connectivity index (χ1v) is 7.97. The molecule has 1 N–H and O–H groups in total. The number of aromatic nitrogens is 1. The molecule has 1 fully saturated rings. The Morgan fingerprint density at radius 3 is 2.71 bits per heavy atom. The normalized spacial score (nSPS) is 18.6. The Bertz CT molecular complexity index is 614. The van der Waals surface area contributed by atoms with E-state index in [0.29, 0.717) is 13.2 Å². The summed E-state index contributed by atoms with van der Waals surface area (Å²) in [6.45, 7) is 7.19. The van der Waals surface area contributed by atoms with E-state index < -0.39 is 5.79 Å². The third-order valence-corrected chi connectivity index (χ3v) is 4.19. The smallest absolute Gasteiger partial charge is 0.162 e. The van der Waals surface area contributed by atoms with Gasteiger partial charge in [-0.15, -0.1) is 11.3 Å². The van der Waals surface area contributed by atoms with Crippen LogP contribution in [0.4, 0.5) is 5.69 Å². The van der Waals surface area contributed by atoms with Crippen LogP contribution >= 0.6 is 11.3 Å². The van der Waals surface area contributed by atoms with E-state index in [1.807, 2.05) is 26.8 Å². The van der Waals surface area contributed by atoms with Crippen LogP contribution in [0.2, 0.25) is 0 Å². The monoisotopic (exact) mass is 304 g/mol. The van der Waals surface area contributed by atoms with E-state index in [1.165, 1.54) is 0 Å². The molecular formula is C16H20N2O2S. The molecule has 0 saturated carbocycles. The van der Waals surface area contributed by atoms with Crippen LogP contribution in [0.3, 0.4) is 0 Å². The lowest BCUT2D eigenvalue weighted by atomic mass is 10.1. The summed E-state index contributed by atoms with van der Waals surface area (Å²) in [5.41, 5.74) is 3.22. The summed E-state index contributed by atoms with van der Waals surface area (Å²) in [6.07, 6.45) is 0. The van der Waals surface area contributed by atoms with Crippen LogP contribution in [0.15, 0.2) is 29.6 Å². The highest BCUT2D eigenvalue weighted by molar-refractivity contribution is 7.09. The first-order valence-electron chi connectivity index (χ1n) is 7.09. The SMILES string of the molecule is Cc1nc(-c2cccc(NC3COC(C)(C)OC3)c2)cs1. The van der Waals surface area contributed by atoms with Crippen molar-refractivity contribution in [3.8, 4) is 11.3 Å². The van der Waals surface area contributed by atoms with Gasteiger partial charge in [-0.1, -0.05) is 12.1 Å². The highest BCUT2D eigenvalue weighted by Crippen LogP contribution is 2.25. The minimum absolute atomic E-state index is 0.172. The average molecular weight is 304 g/mol. The van der Waals surface area contributed by atoms with Crippen molar-refractivity contribution in [3.63, 3.8) is 0 Å². The van der Waals surface area contributed by atoms with E-state index in [1.54, 1.807) is 11.3 Å². The number of anilines is 1. The standard InChI is InChI=1S/C16H20N2O2S/c1-11-17-15(10-21-11)12-5-4-6-13(7-12)18-14-8-19-16(2,3)20-9-14/h4-7,10,14,18H,8-9H2,1-3H3. The van der Waals surface area contributed by atoms with Crippen molar-refractivity contribution in [2.45, 2.75) is 32.6 Å². The van der Waals surface area contributed by atoms with E-state index in [2.05, 4.69) is 33.9 Å². The number of hydrogen-bond donors (Lipinski definition) is 1. The van der Waals surface area contributed by atoms with Gasteiger partial charge in [-0.05, 0) is 32.9 Å². The number of thiazole rings is 1. The van der Waals surface area contributed by atoms with Crippen molar-refractivity contribution in [3.05, 3.63) is 34.7 Å². The van der Waals surface area contributed by atoms with Crippen molar-refractivity contribution in [2.75, 3.05) is 18.5 Å². The molecule has 1 aliphatic heterocycles. The lowest BCUT2D eigenvalue weighted by Crippen LogP contribution is -2.45. The molecule has 1 aromatic heterocycles. The van der Waals surface area contributed by atoms with Crippen LogP contribution in [0.5, 0.6) is 0 Å². The van der Waals surface area contributed by atoms with Gasteiger partial charge >= 0.3 is 0 Å². The van der Waals surface area contributed by atoms with Crippen LogP contribution in [-0.2, 0) is 9.47 Å². The minimum Gasteiger partial charge on any atom is -0.378 e. The maximum Gasteiger partial charge on any atom is 0.162 e. The van der Waals surface area contributed by atoms with Gasteiger partial charge in [-0.25, -0.2) is 4.98 Å². The summed E-state index contributed by atoms with van der Waals surface area (Å²) in [5.74, 6) is -0.474. The third kappa shape index (κ3) is 3.61. The molecule has 3 rings (SSSR count). The van der Waals surface area contributed by atoms with Gasteiger partial charge < -0.3 is 14.8 Å². The van der Waals surface area contributed by atoms with Crippen molar-refractivity contribution < 1.29 is 9.47 Å². The maximum atomic E-state index is 5.67. The largest absolute Gasteiger partial charge is 0.378 e. The molecule has 4 nitrogen and oxygen atoms in total. The minimum atomic E-state index is -0.474. The van der Waals surface area contributed by atoms with Crippen LogP contribution in [0.1, 0.15) is 18.9 Å². The van der Waals surface area contributed by atoms with Crippen LogP contribution in [0.25, 0.3) is 11.3 Å². The third-order valence-electron chi connectivity index (χ3n) is 3.41. The molecule has 0 spiro atoms. The topological polar surface area (TPSA) is 43.4 Å². The predicted octanol–water partition coefficient (Wildman–Crippen LogP) is 3.68. The number of hydrogen-bond acceptors (Lipinski definition) is 5. The van der Waals surface area contributed by atoms with E-state index >= 15 is 0 Å². The van der Waals surface area contributed by atoms with Gasteiger partial charge in [0.25, 0.3) is 0 Å². The molecule has 0 unspecified atom stereocenters. The van der Waals surface area contributed by atoms with E-state index in [-0.39, 0.29) is 6.04 Å². The summed E-state index contributed by atoms with van der Waals surface area (Å²) in [7, 11) is 0. The van der Waals surface area contributed by atoms with Gasteiger partial charge in [0.05, 0.1) is 30.0 Å².